The lowest BCUT2D eigenvalue weighted by Gasteiger charge is -2.19. The van der Waals surface area contributed by atoms with Crippen molar-refractivity contribution in [1.29, 1.82) is 5.41 Å². The van der Waals surface area contributed by atoms with Gasteiger partial charge in [0.05, 0.1) is 5.84 Å². The van der Waals surface area contributed by atoms with Crippen molar-refractivity contribution in [2.45, 2.75) is 30.2 Å². The zero-order valence-electron chi connectivity index (χ0n) is 10.6. The van der Waals surface area contributed by atoms with Gasteiger partial charge in [0, 0.05) is 18.0 Å². The molecular formula is C12H15F2N3O2S. The second-order valence-electron chi connectivity index (χ2n) is 4.80. The summed E-state index contributed by atoms with van der Waals surface area (Å²) in [4.78, 5) is -0.604. The van der Waals surface area contributed by atoms with Crippen LogP contribution in [0.25, 0.3) is 0 Å². The van der Waals surface area contributed by atoms with Crippen LogP contribution in [-0.2, 0) is 10.0 Å². The van der Waals surface area contributed by atoms with E-state index in [4.69, 9.17) is 11.1 Å². The Hall–Kier alpha value is -1.54. The third-order valence-corrected chi connectivity index (χ3v) is 4.93. The van der Waals surface area contributed by atoms with Crippen LogP contribution in [-0.4, -0.2) is 20.3 Å². The number of halogens is 2. The van der Waals surface area contributed by atoms with E-state index in [9.17, 15) is 17.2 Å². The van der Waals surface area contributed by atoms with Crippen molar-refractivity contribution in [1.82, 2.24) is 4.72 Å². The van der Waals surface area contributed by atoms with Crippen molar-refractivity contribution < 1.29 is 17.2 Å². The first-order valence-corrected chi connectivity index (χ1v) is 7.61. The van der Waals surface area contributed by atoms with Gasteiger partial charge in [0.1, 0.15) is 16.5 Å². The molecule has 8 heteroatoms. The van der Waals surface area contributed by atoms with Crippen LogP contribution < -0.4 is 10.5 Å². The second-order valence-corrected chi connectivity index (χ2v) is 6.48. The Balaban J connectivity index is 2.25. The van der Waals surface area contributed by atoms with Crippen LogP contribution in [0.15, 0.2) is 23.1 Å². The van der Waals surface area contributed by atoms with E-state index in [1.165, 1.54) is 0 Å². The molecular weight excluding hydrogens is 288 g/mol. The summed E-state index contributed by atoms with van der Waals surface area (Å²) in [7, 11) is -4.10. The van der Waals surface area contributed by atoms with Gasteiger partial charge in [-0.1, -0.05) is 6.42 Å². The van der Waals surface area contributed by atoms with Gasteiger partial charge in [-0.25, -0.2) is 21.9 Å². The Kier molecular flexibility index (Phi) is 4.05. The number of hydrogen-bond acceptors (Lipinski definition) is 3. The average molecular weight is 303 g/mol. The van der Waals surface area contributed by atoms with Crippen molar-refractivity contribution in [3.63, 3.8) is 0 Å². The second kappa shape index (κ2) is 5.45. The Bertz CT molecular complexity index is 634. The molecule has 2 unspecified atom stereocenters. The van der Waals surface area contributed by atoms with E-state index in [0.29, 0.717) is 18.9 Å². The number of hydrogen-bond donors (Lipinski definition) is 3. The summed E-state index contributed by atoms with van der Waals surface area (Å²) in [6.45, 7) is 0. The Morgan fingerprint density at radius 2 is 2.05 bits per heavy atom. The smallest absolute Gasteiger partial charge is 0.243 e. The third kappa shape index (κ3) is 2.96. The minimum atomic E-state index is -4.10. The summed E-state index contributed by atoms with van der Waals surface area (Å²) in [6.07, 6.45) is 1.89. The minimum Gasteiger partial charge on any atom is -0.387 e. The van der Waals surface area contributed by atoms with Gasteiger partial charge >= 0.3 is 0 Å². The fourth-order valence-corrected chi connectivity index (χ4v) is 3.80. The molecule has 1 fully saturated rings. The zero-order valence-corrected chi connectivity index (χ0v) is 11.4. The van der Waals surface area contributed by atoms with Gasteiger partial charge in [-0.2, -0.15) is 0 Å². The molecule has 1 saturated carbocycles. The standard InChI is InChI=1S/C12H15F2N3O2S/c13-7-4-5-11(9(14)6-7)20(18,19)17-10-3-1-2-8(10)12(15)16/h4-6,8,10,17H,1-3H2,(H3,15,16). The van der Waals surface area contributed by atoms with Crippen LogP contribution in [0.4, 0.5) is 8.78 Å². The number of rotatable bonds is 4. The van der Waals surface area contributed by atoms with Gasteiger partial charge < -0.3 is 5.73 Å². The lowest BCUT2D eigenvalue weighted by Crippen LogP contribution is -2.42. The predicted octanol–water partition coefficient (Wildman–Crippen LogP) is 1.35. The van der Waals surface area contributed by atoms with Gasteiger partial charge in [-0.3, -0.25) is 5.41 Å². The molecule has 0 aromatic heterocycles. The molecule has 1 aliphatic rings. The lowest BCUT2D eigenvalue weighted by molar-refractivity contribution is 0.510. The maximum absolute atomic E-state index is 13.5. The number of benzene rings is 1. The Morgan fingerprint density at radius 3 is 2.65 bits per heavy atom. The Morgan fingerprint density at radius 1 is 1.35 bits per heavy atom. The van der Waals surface area contributed by atoms with Crippen molar-refractivity contribution in [2.75, 3.05) is 0 Å². The van der Waals surface area contributed by atoms with E-state index >= 15 is 0 Å². The highest BCUT2D eigenvalue weighted by atomic mass is 32.2. The van der Waals surface area contributed by atoms with E-state index in [0.717, 1.165) is 18.6 Å². The monoisotopic (exact) mass is 303 g/mol. The van der Waals surface area contributed by atoms with Gasteiger partial charge in [0.15, 0.2) is 0 Å². The topological polar surface area (TPSA) is 96.0 Å². The molecule has 20 heavy (non-hydrogen) atoms. The molecule has 0 bridgehead atoms. The molecule has 0 amide bonds. The van der Waals surface area contributed by atoms with Gasteiger partial charge in [-0.05, 0) is 25.0 Å². The SMILES string of the molecule is N=C(N)C1CCCC1NS(=O)(=O)c1ccc(F)cc1F. The molecule has 1 aromatic carbocycles. The number of amidine groups is 1. The van der Waals surface area contributed by atoms with Crippen LogP contribution >= 0.6 is 0 Å². The van der Waals surface area contributed by atoms with E-state index in [2.05, 4.69) is 4.72 Å². The third-order valence-electron chi connectivity index (χ3n) is 3.41. The quantitative estimate of drug-likeness (QED) is 0.578. The van der Waals surface area contributed by atoms with E-state index < -0.39 is 32.6 Å². The van der Waals surface area contributed by atoms with Crippen molar-refractivity contribution in [2.24, 2.45) is 11.7 Å². The van der Waals surface area contributed by atoms with E-state index in [1.807, 2.05) is 0 Å². The maximum atomic E-state index is 13.5. The summed E-state index contributed by atoms with van der Waals surface area (Å²) in [6, 6.07) is 1.76. The number of nitrogens with one attached hydrogen (secondary N) is 2. The van der Waals surface area contributed by atoms with Gasteiger partial charge in [-0.15, -0.1) is 0 Å². The first-order valence-electron chi connectivity index (χ1n) is 6.12. The van der Waals surface area contributed by atoms with Gasteiger partial charge in [0.25, 0.3) is 0 Å². The normalized spacial score (nSPS) is 22.9. The summed E-state index contributed by atoms with van der Waals surface area (Å²) < 4.78 is 52.9. The molecule has 2 atom stereocenters. The highest BCUT2D eigenvalue weighted by Gasteiger charge is 2.33. The predicted molar refractivity (Wildman–Crippen MR) is 69.7 cm³/mol. The summed E-state index contributed by atoms with van der Waals surface area (Å²) in [5.41, 5.74) is 5.42. The Labute approximate surface area is 115 Å². The molecule has 0 radical (unpaired) electrons. The summed E-state index contributed by atoms with van der Waals surface area (Å²) in [5, 5.41) is 7.42. The zero-order chi connectivity index (χ0) is 14.9. The molecule has 0 saturated heterocycles. The van der Waals surface area contributed by atoms with Crippen LogP contribution in [0.2, 0.25) is 0 Å². The molecule has 0 spiro atoms. The van der Waals surface area contributed by atoms with Crippen LogP contribution in [0.3, 0.4) is 0 Å². The van der Waals surface area contributed by atoms with Crippen LogP contribution in [0.1, 0.15) is 19.3 Å². The molecule has 110 valence electrons. The molecule has 0 heterocycles. The highest BCUT2D eigenvalue weighted by Crippen LogP contribution is 2.27. The summed E-state index contributed by atoms with van der Waals surface area (Å²) in [5.74, 6) is -2.46. The molecule has 0 aliphatic heterocycles. The highest BCUT2D eigenvalue weighted by molar-refractivity contribution is 7.89. The fourth-order valence-electron chi connectivity index (χ4n) is 2.43. The number of nitrogens with two attached hydrogens (primary N) is 1. The fraction of sp³-hybridized carbons (Fsp3) is 0.417. The number of sulfonamides is 1. The molecule has 2 rings (SSSR count). The van der Waals surface area contributed by atoms with E-state index in [-0.39, 0.29) is 11.8 Å². The molecule has 5 nitrogen and oxygen atoms in total. The minimum absolute atomic E-state index is 0.0882. The van der Waals surface area contributed by atoms with E-state index in [1.54, 1.807) is 0 Å². The largest absolute Gasteiger partial charge is 0.387 e. The van der Waals surface area contributed by atoms with Crippen molar-refractivity contribution in [3.8, 4) is 0 Å². The van der Waals surface area contributed by atoms with Gasteiger partial charge in [0.2, 0.25) is 10.0 Å². The average Bonchev–Trinajstić information content (AvgIpc) is 2.75. The van der Waals surface area contributed by atoms with Crippen LogP contribution in [0.5, 0.6) is 0 Å². The molecule has 4 N–H and O–H groups in total. The van der Waals surface area contributed by atoms with Crippen molar-refractivity contribution >= 4 is 15.9 Å². The first-order chi connectivity index (χ1) is 9.31. The molecule has 1 aromatic rings. The lowest BCUT2D eigenvalue weighted by atomic mass is 10.0. The first kappa shape index (κ1) is 14.9. The van der Waals surface area contributed by atoms with Crippen LogP contribution in [0, 0.1) is 23.0 Å². The molecule has 1 aliphatic carbocycles. The summed E-state index contributed by atoms with van der Waals surface area (Å²) >= 11 is 0. The van der Waals surface area contributed by atoms with Crippen molar-refractivity contribution in [3.05, 3.63) is 29.8 Å². The maximum Gasteiger partial charge on any atom is 0.243 e.